The number of hydrogen-bond donors (Lipinski definition) is 1. The highest BCUT2D eigenvalue weighted by Crippen LogP contribution is 2.23. The highest BCUT2D eigenvalue weighted by Gasteiger charge is 2.12. The van der Waals surface area contributed by atoms with Gasteiger partial charge in [0.1, 0.15) is 5.75 Å². The summed E-state index contributed by atoms with van der Waals surface area (Å²) in [4.78, 5) is 11.2. The van der Waals surface area contributed by atoms with Crippen molar-refractivity contribution in [1.82, 2.24) is 0 Å². The molecule has 0 aliphatic carbocycles. The molecule has 0 fully saturated rings. The van der Waals surface area contributed by atoms with Gasteiger partial charge < -0.3 is 14.4 Å². The number of ether oxygens (including phenoxy) is 1. The molecule has 14 heavy (non-hydrogen) atoms. The van der Waals surface area contributed by atoms with Crippen molar-refractivity contribution < 1.29 is 19.2 Å². The van der Waals surface area contributed by atoms with E-state index in [2.05, 4.69) is 20.7 Å². The molecule has 1 aromatic carbocycles. The first kappa shape index (κ1) is 11.1. The standard InChI is InChI=1S/C8H8BBrO4/c1-13-8(11)6-3-2-5(10)4-7(6)14-9-12/h2-4,9,12H,1H3. The second kappa shape index (κ2) is 5.02. The van der Waals surface area contributed by atoms with Gasteiger partial charge in [-0.1, -0.05) is 15.9 Å². The quantitative estimate of drug-likeness (QED) is 0.646. The zero-order valence-electron chi connectivity index (χ0n) is 7.49. The summed E-state index contributed by atoms with van der Waals surface area (Å²) in [7, 11) is 0.799. The van der Waals surface area contributed by atoms with Crippen molar-refractivity contribution in [2.75, 3.05) is 7.11 Å². The maximum atomic E-state index is 11.2. The smallest absolute Gasteiger partial charge is 0.504 e. The largest absolute Gasteiger partial charge is 0.538 e. The number of methoxy groups -OCH3 is 1. The summed E-state index contributed by atoms with van der Waals surface area (Å²) < 4.78 is 10.2. The SMILES string of the molecule is COC(=O)c1ccc(Br)cc1OBO. The number of rotatable bonds is 3. The van der Waals surface area contributed by atoms with Crippen molar-refractivity contribution >= 4 is 29.6 Å². The Morgan fingerprint density at radius 3 is 2.86 bits per heavy atom. The number of hydrogen-bond acceptors (Lipinski definition) is 4. The summed E-state index contributed by atoms with van der Waals surface area (Å²) in [5.41, 5.74) is 0.282. The van der Waals surface area contributed by atoms with Crippen molar-refractivity contribution in [3.05, 3.63) is 28.2 Å². The van der Waals surface area contributed by atoms with Crippen LogP contribution in [0, 0.1) is 0 Å². The van der Waals surface area contributed by atoms with Crippen LogP contribution in [0.1, 0.15) is 10.4 Å². The molecule has 0 heterocycles. The van der Waals surface area contributed by atoms with Crippen molar-refractivity contribution in [3.63, 3.8) is 0 Å². The van der Waals surface area contributed by atoms with E-state index in [9.17, 15) is 4.79 Å². The molecule has 4 nitrogen and oxygen atoms in total. The first-order valence-corrected chi connectivity index (χ1v) is 4.60. The molecule has 0 amide bonds. The van der Waals surface area contributed by atoms with Crippen molar-refractivity contribution in [3.8, 4) is 5.75 Å². The Morgan fingerprint density at radius 2 is 2.29 bits per heavy atom. The molecule has 0 bridgehead atoms. The third-order valence-corrected chi connectivity index (χ3v) is 2.06. The van der Waals surface area contributed by atoms with Gasteiger partial charge in [-0.15, -0.1) is 0 Å². The summed E-state index contributed by atoms with van der Waals surface area (Å²) >= 11 is 3.22. The van der Waals surface area contributed by atoms with Crippen LogP contribution in [0.4, 0.5) is 0 Å². The Kier molecular flexibility index (Phi) is 3.97. The Bertz CT molecular complexity index is 342. The fourth-order valence-electron chi connectivity index (χ4n) is 0.964. The van der Waals surface area contributed by atoms with Crippen molar-refractivity contribution in [2.45, 2.75) is 0 Å². The molecule has 0 aliphatic heterocycles. The molecule has 6 heteroatoms. The van der Waals surface area contributed by atoms with Gasteiger partial charge in [0.2, 0.25) is 0 Å². The first-order valence-electron chi connectivity index (χ1n) is 3.80. The van der Waals surface area contributed by atoms with Gasteiger partial charge in [-0.25, -0.2) is 4.79 Å². The molecule has 0 radical (unpaired) electrons. The monoisotopic (exact) mass is 258 g/mol. The summed E-state index contributed by atoms with van der Waals surface area (Å²) in [6, 6.07) is 4.83. The Balaban J connectivity index is 3.07. The van der Waals surface area contributed by atoms with E-state index in [-0.39, 0.29) is 11.3 Å². The maximum absolute atomic E-state index is 11.2. The van der Waals surface area contributed by atoms with Gasteiger partial charge >= 0.3 is 13.7 Å². The van der Waals surface area contributed by atoms with E-state index in [0.717, 1.165) is 4.47 Å². The van der Waals surface area contributed by atoms with Crippen LogP contribution in [0.2, 0.25) is 0 Å². The van der Waals surface area contributed by atoms with Gasteiger partial charge in [0.15, 0.2) is 0 Å². The second-order valence-electron chi connectivity index (χ2n) is 2.41. The molecule has 0 saturated heterocycles. The van der Waals surface area contributed by atoms with Gasteiger partial charge in [-0.3, -0.25) is 0 Å². The van der Waals surface area contributed by atoms with Gasteiger partial charge in [-0.2, -0.15) is 0 Å². The van der Waals surface area contributed by atoms with Crippen LogP contribution in [0.15, 0.2) is 22.7 Å². The molecular formula is C8H8BBrO4. The van der Waals surface area contributed by atoms with E-state index in [1.165, 1.54) is 7.11 Å². The van der Waals surface area contributed by atoms with Crippen LogP contribution in [0.3, 0.4) is 0 Å². The van der Waals surface area contributed by atoms with E-state index >= 15 is 0 Å². The minimum absolute atomic E-state index is 0.282. The van der Waals surface area contributed by atoms with Crippen LogP contribution < -0.4 is 4.65 Å². The second-order valence-corrected chi connectivity index (χ2v) is 3.32. The van der Waals surface area contributed by atoms with Crippen LogP contribution >= 0.6 is 15.9 Å². The lowest BCUT2D eigenvalue weighted by molar-refractivity contribution is 0.0598. The predicted octanol–water partition coefficient (Wildman–Crippen LogP) is 0.873. The van der Waals surface area contributed by atoms with Gasteiger partial charge in [0, 0.05) is 4.47 Å². The number of carbonyl (C=O) groups excluding carboxylic acids is 1. The third kappa shape index (κ3) is 2.49. The summed E-state index contributed by atoms with van der Waals surface area (Å²) in [5, 5.41) is 8.60. The molecule has 74 valence electrons. The van der Waals surface area contributed by atoms with Crippen LogP contribution in [-0.4, -0.2) is 25.8 Å². The first-order chi connectivity index (χ1) is 6.69. The molecular weight excluding hydrogens is 251 g/mol. The molecule has 0 saturated carbocycles. The number of carbonyl (C=O) groups is 1. The summed E-state index contributed by atoms with van der Waals surface area (Å²) in [6.45, 7) is 0. The van der Waals surface area contributed by atoms with E-state index in [4.69, 9.17) is 9.68 Å². The van der Waals surface area contributed by atoms with Crippen molar-refractivity contribution in [2.24, 2.45) is 0 Å². The lowest BCUT2D eigenvalue weighted by Gasteiger charge is -2.08. The van der Waals surface area contributed by atoms with Crippen LogP contribution in [-0.2, 0) is 4.74 Å². The van der Waals surface area contributed by atoms with Gasteiger partial charge in [0.25, 0.3) is 0 Å². The van der Waals surface area contributed by atoms with Crippen LogP contribution in [0.25, 0.3) is 0 Å². The minimum atomic E-state index is -0.499. The van der Waals surface area contributed by atoms with E-state index in [1.54, 1.807) is 18.2 Å². The zero-order valence-corrected chi connectivity index (χ0v) is 9.08. The van der Waals surface area contributed by atoms with Crippen molar-refractivity contribution in [1.29, 1.82) is 0 Å². The molecule has 1 N–H and O–H groups in total. The molecule has 0 atom stereocenters. The summed E-state index contributed by atoms with van der Waals surface area (Å²) in [6.07, 6.45) is 0. The number of halogens is 1. The molecule has 0 unspecified atom stereocenters. The molecule has 1 aromatic rings. The zero-order chi connectivity index (χ0) is 10.6. The number of esters is 1. The van der Waals surface area contributed by atoms with E-state index in [0.29, 0.717) is 0 Å². The Hall–Kier alpha value is -1.01. The van der Waals surface area contributed by atoms with Crippen LogP contribution in [0.5, 0.6) is 5.75 Å². The fourth-order valence-corrected chi connectivity index (χ4v) is 1.30. The topological polar surface area (TPSA) is 55.8 Å². The highest BCUT2D eigenvalue weighted by atomic mass is 79.9. The Labute approximate surface area is 90.3 Å². The van der Waals surface area contributed by atoms with Gasteiger partial charge in [-0.05, 0) is 18.2 Å². The van der Waals surface area contributed by atoms with E-state index in [1.807, 2.05) is 0 Å². The van der Waals surface area contributed by atoms with Gasteiger partial charge in [0.05, 0.1) is 12.7 Å². The fraction of sp³-hybridized carbons (Fsp3) is 0.125. The molecule has 1 rings (SSSR count). The minimum Gasteiger partial charge on any atom is -0.538 e. The summed E-state index contributed by atoms with van der Waals surface area (Å²) in [5.74, 6) is -0.213. The normalized spacial score (nSPS) is 9.36. The molecule has 0 aromatic heterocycles. The average Bonchev–Trinajstić information content (AvgIpc) is 2.17. The van der Waals surface area contributed by atoms with E-state index < -0.39 is 13.7 Å². The number of benzene rings is 1. The molecule has 0 spiro atoms. The molecule has 0 aliphatic rings. The Morgan fingerprint density at radius 1 is 1.57 bits per heavy atom. The third-order valence-electron chi connectivity index (χ3n) is 1.57. The average molecular weight is 259 g/mol. The predicted molar refractivity (Wildman–Crippen MR) is 55.5 cm³/mol. The lowest BCUT2D eigenvalue weighted by Crippen LogP contribution is -2.08. The maximum Gasteiger partial charge on any atom is 0.504 e. The highest BCUT2D eigenvalue weighted by molar-refractivity contribution is 9.10. The lowest BCUT2D eigenvalue weighted by atomic mass is 10.2.